The first-order valence-electron chi connectivity index (χ1n) is 9.51. The van der Waals surface area contributed by atoms with E-state index in [1.807, 2.05) is 37.3 Å². The Morgan fingerprint density at radius 2 is 1.81 bits per heavy atom. The van der Waals surface area contributed by atoms with E-state index in [0.717, 1.165) is 38.8 Å². The van der Waals surface area contributed by atoms with Gasteiger partial charge in [-0.1, -0.05) is 18.2 Å². The van der Waals surface area contributed by atoms with Crippen molar-refractivity contribution in [3.63, 3.8) is 0 Å². The smallest absolute Gasteiger partial charge is 0.250 e. The lowest BCUT2D eigenvalue weighted by Gasteiger charge is -2.14. The van der Waals surface area contributed by atoms with Crippen molar-refractivity contribution in [1.82, 2.24) is 4.98 Å². The third-order valence-electron chi connectivity index (χ3n) is 4.99. The van der Waals surface area contributed by atoms with Crippen molar-refractivity contribution in [3.05, 3.63) is 77.8 Å². The summed E-state index contributed by atoms with van der Waals surface area (Å²) in [5.41, 5.74) is 4.60. The van der Waals surface area contributed by atoms with E-state index in [4.69, 9.17) is 4.74 Å². The topological polar surface area (TPSA) is 95.2 Å². The van der Waals surface area contributed by atoms with Gasteiger partial charge in [-0.05, 0) is 48.4 Å². The number of nitrogens with zero attached hydrogens (tertiary/aromatic N) is 2. The molecule has 0 bridgehead atoms. The summed E-state index contributed by atoms with van der Waals surface area (Å²) in [5.74, 6) is 0.725. The molecule has 0 saturated heterocycles. The lowest BCUT2D eigenvalue weighted by Crippen LogP contribution is -2.29. The predicted molar refractivity (Wildman–Crippen MR) is 121 cm³/mol. The van der Waals surface area contributed by atoms with Gasteiger partial charge in [0.2, 0.25) is 10.0 Å². The Labute approximate surface area is 180 Å². The van der Waals surface area contributed by atoms with Crippen molar-refractivity contribution in [3.8, 4) is 28.1 Å². The van der Waals surface area contributed by atoms with Gasteiger partial charge in [0.15, 0.2) is 6.20 Å². The third-order valence-corrected chi connectivity index (χ3v) is 5.60. The quantitative estimate of drug-likeness (QED) is 0.379. The van der Waals surface area contributed by atoms with Gasteiger partial charge < -0.3 is 9.94 Å². The summed E-state index contributed by atoms with van der Waals surface area (Å²) in [6.07, 6.45) is 4.22. The highest BCUT2D eigenvalue weighted by atomic mass is 32.2. The standard InChI is InChI=1S/C23H21N3O4S/c1-15-14-16(25-31(3,28)29)8-9-17(15)23-22-20(11-13-26(23)27)18(10-12-24-22)19-6-4-5-7-21(19)30-2/h4-14,25H,1-3H3. The maximum Gasteiger partial charge on any atom is 0.250 e. The van der Waals surface area contributed by atoms with E-state index >= 15 is 0 Å². The predicted octanol–water partition coefficient (Wildman–Crippen LogP) is 3.89. The molecule has 2 aromatic heterocycles. The van der Waals surface area contributed by atoms with Gasteiger partial charge in [0.05, 0.1) is 18.9 Å². The van der Waals surface area contributed by atoms with E-state index in [-0.39, 0.29) is 0 Å². The van der Waals surface area contributed by atoms with Crippen molar-refractivity contribution >= 4 is 26.6 Å². The Balaban J connectivity index is 1.93. The van der Waals surface area contributed by atoms with Gasteiger partial charge in [0.25, 0.3) is 5.69 Å². The molecule has 1 N–H and O–H groups in total. The molecule has 7 nitrogen and oxygen atoms in total. The Morgan fingerprint density at radius 3 is 2.52 bits per heavy atom. The summed E-state index contributed by atoms with van der Waals surface area (Å²) in [6.45, 7) is 1.83. The summed E-state index contributed by atoms with van der Waals surface area (Å²) < 4.78 is 31.8. The highest BCUT2D eigenvalue weighted by molar-refractivity contribution is 7.92. The summed E-state index contributed by atoms with van der Waals surface area (Å²) in [5, 5.41) is 13.6. The van der Waals surface area contributed by atoms with Crippen LogP contribution in [0.4, 0.5) is 5.69 Å². The Hall–Kier alpha value is -3.65. The second-order valence-electron chi connectivity index (χ2n) is 7.22. The average molecular weight is 436 g/mol. The number of nitrogens with one attached hydrogen (secondary N) is 1. The van der Waals surface area contributed by atoms with Gasteiger partial charge in [-0.15, -0.1) is 0 Å². The van der Waals surface area contributed by atoms with Crippen LogP contribution >= 0.6 is 0 Å². The van der Waals surface area contributed by atoms with Crippen LogP contribution in [0.2, 0.25) is 0 Å². The average Bonchev–Trinajstić information content (AvgIpc) is 2.73. The molecule has 0 spiro atoms. The van der Waals surface area contributed by atoms with E-state index in [2.05, 4.69) is 9.71 Å². The minimum absolute atomic E-state index is 0.401. The van der Waals surface area contributed by atoms with Crippen LogP contribution in [0.15, 0.2) is 67.0 Å². The van der Waals surface area contributed by atoms with Crippen LogP contribution in [0.5, 0.6) is 5.75 Å². The zero-order chi connectivity index (χ0) is 22.2. The number of aryl methyl sites for hydroxylation is 1. The Morgan fingerprint density at radius 1 is 1.03 bits per heavy atom. The van der Waals surface area contributed by atoms with Crippen molar-refractivity contribution in [2.24, 2.45) is 0 Å². The van der Waals surface area contributed by atoms with E-state index in [9.17, 15) is 13.6 Å². The SMILES string of the molecule is COc1ccccc1-c1ccnc2c(-c3ccc(NS(C)(=O)=O)cc3C)[n+]([O-])ccc12. The van der Waals surface area contributed by atoms with Crippen LogP contribution in [-0.2, 0) is 10.0 Å². The first-order chi connectivity index (χ1) is 14.8. The first-order valence-corrected chi connectivity index (χ1v) is 11.4. The van der Waals surface area contributed by atoms with Crippen molar-refractivity contribution < 1.29 is 17.9 Å². The molecular weight excluding hydrogens is 414 g/mol. The Kier molecular flexibility index (Phi) is 5.24. The molecule has 4 aromatic rings. The molecule has 0 aliphatic carbocycles. The monoisotopic (exact) mass is 435 g/mol. The highest BCUT2D eigenvalue weighted by Gasteiger charge is 2.21. The fourth-order valence-electron chi connectivity index (χ4n) is 3.71. The minimum Gasteiger partial charge on any atom is -0.618 e. The number of methoxy groups -OCH3 is 1. The highest BCUT2D eigenvalue weighted by Crippen LogP contribution is 2.36. The zero-order valence-corrected chi connectivity index (χ0v) is 18.1. The summed E-state index contributed by atoms with van der Waals surface area (Å²) in [4.78, 5) is 4.51. The molecule has 0 atom stereocenters. The molecule has 8 heteroatoms. The number of fused-ring (bicyclic) bond motifs is 1. The van der Waals surface area contributed by atoms with Crippen molar-refractivity contribution in [1.29, 1.82) is 0 Å². The number of anilines is 1. The van der Waals surface area contributed by atoms with Gasteiger partial charge >= 0.3 is 0 Å². The molecule has 0 amide bonds. The summed E-state index contributed by atoms with van der Waals surface area (Å²) >= 11 is 0. The third kappa shape index (κ3) is 4.02. The van der Waals surface area contributed by atoms with Gasteiger partial charge in [0, 0.05) is 28.9 Å². The second kappa shape index (κ2) is 7.88. The van der Waals surface area contributed by atoms with Crippen LogP contribution in [0, 0.1) is 12.1 Å². The molecule has 0 radical (unpaired) electrons. The molecule has 2 aromatic carbocycles. The molecule has 158 valence electrons. The van der Waals surface area contributed by atoms with E-state index in [1.165, 1.54) is 6.20 Å². The van der Waals surface area contributed by atoms with E-state index < -0.39 is 10.0 Å². The van der Waals surface area contributed by atoms with Gasteiger partial charge in [-0.2, -0.15) is 4.73 Å². The molecule has 4 rings (SSSR count). The summed E-state index contributed by atoms with van der Waals surface area (Å²) in [7, 11) is -1.78. The van der Waals surface area contributed by atoms with E-state index in [1.54, 1.807) is 37.6 Å². The van der Waals surface area contributed by atoms with Crippen LogP contribution in [0.3, 0.4) is 0 Å². The molecule has 0 aliphatic rings. The minimum atomic E-state index is -3.40. The molecule has 0 aliphatic heterocycles. The maximum absolute atomic E-state index is 12.8. The zero-order valence-electron chi connectivity index (χ0n) is 17.3. The molecule has 0 fully saturated rings. The number of hydrogen-bond acceptors (Lipinski definition) is 5. The van der Waals surface area contributed by atoms with Crippen LogP contribution in [0.1, 0.15) is 5.56 Å². The number of pyridine rings is 2. The number of rotatable bonds is 5. The van der Waals surface area contributed by atoms with Gasteiger partial charge in [-0.3, -0.25) is 4.72 Å². The number of para-hydroxylation sites is 1. The van der Waals surface area contributed by atoms with Crippen molar-refractivity contribution in [2.45, 2.75) is 6.92 Å². The number of sulfonamides is 1. The second-order valence-corrected chi connectivity index (χ2v) is 8.96. The first kappa shape index (κ1) is 20.6. The molecule has 0 saturated carbocycles. The largest absolute Gasteiger partial charge is 0.618 e. The molecule has 2 heterocycles. The number of ether oxygens (including phenoxy) is 1. The lowest BCUT2D eigenvalue weighted by molar-refractivity contribution is -0.592. The van der Waals surface area contributed by atoms with Gasteiger partial charge in [0.1, 0.15) is 11.3 Å². The van der Waals surface area contributed by atoms with Crippen LogP contribution in [-0.4, -0.2) is 26.8 Å². The lowest BCUT2D eigenvalue weighted by atomic mass is 9.97. The molecule has 31 heavy (non-hydrogen) atoms. The fraction of sp³-hybridized carbons (Fsp3) is 0.130. The van der Waals surface area contributed by atoms with Gasteiger partial charge in [-0.25, -0.2) is 13.4 Å². The number of benzene rings is 2. The van der Waals surface area contributed by atoms with E-state index in [0.29, 0.717) is 22.5 Å². The van der Waals surface area contributed by atoms with Crippen LogP contribution < -0.4 is 14.2 Å². The maximum atomic E-state index is 12.8. The molecular formula is C23H21N3O4S. The van der Waals surface area contributed by atoms with Crippen LogP contribution in [0.25, 0.3) is 33.3 Å². The number of hydrogen-bond donors (Lipinski definition) is 1. The molecule has 0 unspecified atom stereocenters. The number of aromatic nitrogens is 2. The normalized spacial score (nSPS) is 11.5. The fourth-order valence-corrected chi connectivity index (χ4v) is 4.26. The Bertz CT molecular complexity index is 1400. The summed E-state index contributed by atoms with van der Waals surface area (Å²) in [6, 6.07) is 16.4. The van der Waals surface area contributed by atoms with Crippen molar-refractivity contribution in [2.75, 3.05) is 18.1 Å².